The number of piperidine rings is 1. The van der Waals surface area contributed by atoms with Crippen molar-refractivity contribution in [3.05, 3.63) is 23.8 Å². The Bertz CT molecular complexity index is 296. The van der Waals surface area contributed by atoms with E-state index in [1.165, 1.54) is 0 Å². The molecule has 1 amide bonds. The van der Waals surface area contributed by atoms with Gasteiger partial charge in [-0.15, -0.1) is 0 Å². The van der Waals surface area contributed by atoms with E-state index in [1.807, 2.05) is 11.0 Å². The number of allylic oxidation sites excluding steroid dienone is 2. The average molecular weight is 205 g/mol. The van der Waals surface area contributed by atoms with E-state index < -0.39 is 0 Å². The lowest BCUT2D eigenvalue weighted by atomic mass is 9.98. The molecule has 15 heavy (non-hydrogen) atoms. The molecule has 0 saturated carbocycles. The lowest BCUT2D eigenvalue weighted by Gasteiger charge is -2.30. The Morgan fingerprint density at radius 1 is 1.33 bits per heavy atom. The van der Waals surface area contributed by atoms with Gasteiger partial charge in [0, 0.05) is 18.7 Å². The van der Waals surface area contributed by atoms with Crippen LogP contribution in [-0.2, 0) is 4.79 Å². The van der Waals surface area contributed by atoms with Crippen molar-refractivity contribution in [3.8, 4) is 0 Å². The SMILES string of the molecule is CC1CCN(C(=O)C2=CCCC=C2)CC1. The van der Waals surface area contributed by atoms with Gasteiger partial charge in [-0.05, 0) is 31.6 Å². The molecule has 0 spiro atoms. The number of carbonyl (C=O) groups excluding carboxylic acids is 1. The maximum absolute atomic E-state index is 12.1. The predicted octanol–water partition coefficient (Wildman–Crippen LogP) is 2.52. The Morgan fingerprint density at radius 2 is 2.07 bits per heavy atom. The fourth-order valence-corrected chi connectivity index (χ4v) is 2.17. The van der Waals surface area contributed by atoms with Crippen LogP contribution in [0.3, 0.4) is 0 Å². The standard InChI is InChI=1S/C13H19NO/c1-11-7-9-14(10-8-11)13(15)12-5-3-2-4-6-12/h3,5-6,11H,2,4,7-10H2,1H3. The normalized spacial score (nSPS) is 22.7. The van der Waals surface area contributed by atoms with Crippen molar-refractivity contribution in [2.45, 2.75) is 32.6 Å². The van der Waals surface area contributed by atoms with Crippen molar-refractivity contribution < 1.29 is 4.79 Å². The molecule has 1 aliphatic heterocycles. The average Bonchev–Trinajstić information content (AvgIpc) is 2.30. The van der Waals surface area contributed by atoms with Gasteiger partial charge in [-0.3, -0.25) is 4.79 Å². The first-order chi connectivity index (χ1) is 7.27. The van der Waals surface area contributed by atoms with Crippen LogP contribution < -0.4 is 0 Å². The van der Waals surface area contributed by atoms with Crippen molar-refractivity contribution >= 4 is 5.91 Å². The maximum atomic E-state index is 12.1. The summed E-state index contributed by atoms with van der Waals surface area (Å²) in [6.07, 6.45) is 10.5. The molecule has 2 aliphatic rings. The molecule has 2 nitrogen and oxygen atoms in total. The highest BCUT2D eigenvalue weighted by atomic mass is 16.2. The van der Waals surface area contributed by atoms with E-state index >= 15 is 0 Å². The van der Waals surface area contributed by atoms with Crippen LogP contribution in [-0.4, -0.2) is 23.9 Å². The van der Waals surface area contributed by atoms with Gasteiger partial charge in [0.15, 0.2) is 0 Å². The van der Waals surface area contributed by atoms with Crippen LogP contribution >= 0.6 is 0 Å². The molecule has 1 aliphatic carbocycles. The molecule has 0 atom stereocenters. The van der Waals surface area contributed by atoms with Crippen LogP contribution in [0, 0.1) is 5.92 Å². The Balaban J connectivity index is 1.96. The largest absolute Gasteiger partial charge is 0.339 e. The van der Waals surface area contributed by atoms with Gasteiger partial charge in [0.1, 0.15) is 0 Å². The Kier molecular flexibility index (Phi) is 3.24. The van der Waals surface area contributed by atoms with Gasteiger partial charge in [-0.25, -0.2) is 0 Å². The zero-order chi connectivity index (χ0) is 10.7. The molecule has 2 rings (SSSR count). The molecule has 1 fully saturated rings. The summed E-state index contributed by atoms with van der Waals surface area (Å²) in [5, 5.41) is 0. The van der Waals surface area contributed by atoms with Crippen LogP contribution in [0.4, 0.5) is 0 Å². The first kappa shape index (κ1) is 10.5. The second kappa shape index (κ2) is 4.65. The monoisotopic (exact) mass is 205 g/mol. The molecule has 0 aromatic heterocycles. The lowest BCUT2D eigenvalue weighted by molar-refractivity contribution is -0.128. The number of rotatable bonds is 1. The fraction of sp³-hybridized carbons (Fsp3) is 0.615. The summed E-state index contributed by atoms with van der Waals surface area (Å²) >= 11 is 0. The minimum atomic E-state index is 0.234. The van der Waals surface area contributed by atoms with Crippen molar-refractivity contribution in [1.82, 2.24) is 4.90 Å². The maximum Gasteiger partial charge on any atom is 0.253 e. The van der Waals surface area contributed by atoms with E-state index in [0.29, 0.717) is 0 Å². The summed E-state index contributed by atoms with van der Waals surface area (Å²) in [5.74, 6) is 1.02. The van der Waals surface area contributed by atoms with E-state index in [1.54, 1.807) is 0 Å². The molecule has 1 heterocycles. The van der Waals surface area contributed by atoms with E-state index in [4.69, 9.17) is 0 Å². The summed E-state index contributed by atoms with van der Waals surface area (Å²) in [5.41, 5.74) is 0.899. The van der Waals surface area contributed by atoms with Crippen LogP contribution in [0.1, 0.15) is 32.6 Å². The van der Waals surface area contributed by atoms with Gasteiger partial charge in [0.05, 0.1) is 0 Å². The lowest BCUT2D eigenvalue weighted by Crippen LogP contribution is -2.38. The van der Waals surface area contributed by atoms with Crippen molar-refractivity contribution in [2.75, 3.05) is 13.1 Å². The molecule has 0 aromatic rings. The number of hydrogen-bond acceptors (Lipinski definition) is 1. The molecule has 0 bridgehead atoms. The number of amides is 1. The van der Waals surface area contributed by atoms with Crippen LogP contribution in [0.5, 0.6) is 0 Å². The first-order valence-corrected chi connectivity index (χ1v) is 5.93. The summed E-state index contributed by atoms with van der Waals surface area (Å²) in [6, 6.07) is 0. The van der Waals surface area contributed by atoms with Crippen LogP contribution in [0.2, 0.25) is 0 Å². The Labute approximate surface area is 91.6 Å². The third-order valence-corrected chi connectivity index (χ3v) is 3.31. The summed E-state index contributed by atoms with van der Waals surface area (Å²) < 4.78 is 0. The van der Waals surface area contributed by atoms with Crippen LogP contribution in [0.15, 0.2) is 23.8 Å². The molecule has 0 unspecified atom stereocenters. The Morgan fingerprint density at radius 3 is 2.67 bits per heavy atom. The first-order valence-electron chi connectivity index (χ1n) is 5.93. The van der Waals surface area contributed by atoms with Gasteiger partial charge in [-0.2, -0.15) is 0 Å². The predicted molar refractivity (Wildman–Crippen MR) is 61.4 cm³/mol. The van der Waals surface area contributed by atoms with Gasteiger partial charge in [0.25, 0.3) is 5.91 Å². The molecule has 0 N–H and O–H groups in total. The van der Waals surface area contributed by atoms with E-state index in [0.717, 1.165) is 50.3 Å². The summed E-state index contributed by atoms with van der Waals surface area (Å²) in [4.78, 5) is 14.1. The van der Waals surface area contributed by atoms with E-state index in [9.17, 15) is 4.79 Å². The molecular formula is C13H19NO. The van der Waals surface area contributed by atoms with Gasteiger partial charge in [0.2, 0.25) is 0 Å². The third-order valence-electron chi connectivity index (χ3n) is 3.31. The van der Waals surface area contributed by atoms with Gasteiger partial charge >= 0.3 is 0 Å². The van der Waals surface area contributed by atoms with Crippen molar-refractivity contribution in [1.29, 1.82) is 0 Å². The fourth-order valence-electron chi connectivity index (χ4n) is 2.17. The summed E-state index contributed by atoms with van der Waals surface area (Å²) in [6.45, 7) is 4.14. The molecule has 0 radical (unpaired) electrons. The minimum Gasteiger partial charge on any atom is -0.339 e. The molecule has 2 heteroatoms. The molecule has 82 valence electrons. The minimum absolute atomic E-state index is 0.234. The number of hydrogen-bond donors (Lipinski definition) is 0. The van der Waals surface area contributed by atoms with Crippen molar-refractivity contribution in [2.24, 2.45) is 5.92 Å². The van der Waals surface area contributed by atoms with E-state index in [2.05, 4.69) is 19.1 Å². The number of carbonyl (C=O) groups is 1. The molecular weight excluding hydrogens is 186 g/mol. The zero-order valence-electron chi connectivity index (χ0n) is 9.41. The second-order valence-electron chi connectivity index (χ2n) is 4.61. The topological polar surface area (TPSA) is 20.3 Å². The highest BCUT2D eigenvalue weighted by molar-refractivity contribution is 5.96. The highest BCUT2D eigenvalue weighted by Crippen LogP contribution is 2.19. The van der Waals surface area contributed by atoms with Gasteiger partial charge < -0.3 is 4.90 Å². The third kappa shape index (κ3) is 2.49. The smallest absolute Gasteiger partial charge is 0.253 e. The number of likely N-dealkylation sites (tertiary alicyclic amines) is 1. The Hall–Kier alpha value is -1.05. The van der Waals surface area contributed by atoms with Gasteiger partial charge in [-0.1, -0.05) is 25.2 Å². The van der Waals surface area contributed by atoms with Crippen LogP contribution in [0.25, 0.3) is 0 Å². The molecule has 0 aromatic carbocycles. The van der Waals surface area contributed by atoms with E-state index in [-0.39, 0.29) is 5.91 Å². The quantitative estimate of drug-likeness (QED) is 0.644. The number of nitrogens with zero attached hydrogens (tertiary/aromatic N) is 1. The molecule has 1 saturated heterocycles. The van der Waals surface area contributed by atoms with Crippen molar-refractivity contribution in [3.63, 3.8) is 0 Å². The summed E-state index contributed by atoms with van der Waals surface area (Å²) in [7, 11) is 0. The zero-order valence-corrected chi connectivity index (χ0v) is 9.41. The highest BCUT2D eigenvalue weighted by Gasteiger charge is 2.21. The second-order valence-corrected chi connectivity index (χ2v) is 4.61.